The van der Waals surface area contributed by atoms with Gasteiger partial charge in [-0.05, 0) is 37.1 Å². The lowest BCUT2D eigenvalue weighted by Gasteiger charge is -2.35. The van der Waals surface area contributed by atoms with Gasteiger partial charge in [0.2, 0.25) is 0 Å². The zero-order valence-corrected chi connectivity index (χ0v) is 20.1. The molecule has 35 heavy (non-hydrogen) atoms. The third-order valence-electron chi connectivity index (χ3n) is 6.92. The van der Waals surface area contributed by atoms with E-state index in [9.17, 15) is 14.4 Å². The van der Waals surface area contributed by atoms with E-state index in [0.717, 1.165) is 21.4 Å². The second kappa shape index (κ2) is 7.93. The van der Waals surface area contributed by atoms with Crippen LogP contribution in [0.3, 0.4) is 0 Å². The zero-order chi connectivity index (χ0) is 25.1. The van der Waals surface area contributed by atoms with Crippen LogP contribution in [0.2, 0.25) is 0 Å². The van der Waals surface area contributed by atoms with Gasteiger partial charge in [-0.3, -0.25) is 4.79 Å². The smallest absolute Gasteiger partial charge is 0.340 e. The third kappa shape index (κ3) is 2.99. The van der Waals surface area contributed by atoms with Crippen molar-refractivity contribution in [1.82, 2.24) is 9.88 Å². The number of fused-ring (bicyclic) bond motifs is 5. The predicted octanol–water partition coefficient (Wildman–Crippen LogP) is 3.22. The normalized spacial score (nSPS) is 19.0. The lowest BCUT2D eigenvalue weighted by molar-refractivity contribution is -0.125. The Morgan fingerprint density at radius 3 is 2.37 bits per heavy atom. The Kier molecular flexibility index (Phi) is 5.12. The summed E-state index contributed by atoms with van der Waals surface area (Å²) in [5, 5.41) is 0.945. The fourth-order valence-corrected chi connectivity index (χ4v) is 5.08. The topological polar surface area (TPSA) is 110 Å². The minimum atomic E-state index is -1.29. The molecule has 1 N–H and O–H groups in total. The summed E-state index contributed by atoms with van der Waals surface area (Å²) in [4.78, 5) is 46.3. The van der Waals surface area contributed by atoms with Gasteiger partial charge in [-0.15, -0.1) is 0 Å². The van der Waals surface area contributed by atoms with E-state index >= 15 is 0 Å². The van der Waals surface area contributed by atoms with Crippen molar-refractivity contribution in [3.05, 3.63) is 47.2 Å². The molecular weight excluding hydrogens is 454 g/mol. The number of nitrogens with zero attached hydrogens (tertiary/aromatic N) is 2. The molecule has 3 amide bonds. The van der Waals surface area contributed by atoms with Crippen molar-refractivity contribution in [1.29, 1.82) is 0 Å². The average Bonchev–Trinajstić information content (AvgIpc) is 3.35. The molecule has 3 aromatic rings. The van der Waals surface area contributed by atoms with E-state index in [-0.39, 0.29) is 22.7 Å². The number of amides is 3. The van der Waals surface area contributed by atoms with Crippen molar-refractivity contribution < 1.29 is 33.3 Å². The van der Waals surface area contributed by atoms with Gasteiger partial charge in [0, 0.05) is 29.6 Å². The number of aromatic nitrogens is 1. The van der Waals surface area contributed by atoms with Crippen LogP contribution in [0.15, 0.2) is 30.3 Å². The van der Waals surface area contributed by atoms with Crippen LogP contribution in [0, 0.1) is 0 Å². The van der Waals surface area contributed by atoms with Gasteiger partial charge in [-0.1, -0.05) is 0 Å². The average molecular weight is 479 g/mol. The first-order valence-electron chi connectivity index (χ1n) is 11.0. The second-order valence-electron chi connectivity index (χ2n) is 8.50. The van der Waals surface area contributed by atoms with Crippen LogP contribution in [0.25, 0.3) is 10.9 Å². The number of nitrogens with one attached hydrogen (secondary N) is 1. The highest BCUT2D eigenvalue weighted by atomic mass is 16.5. The number of hydrogen-bond acceptors (Lipinski definition) is 7. The van der Waals surface area contributed by atoms with Crippen molar-refractivity contribution >= 4 is 34.5 Å². The number of methoxy groups -OCH3 is 4. The predicted molar refractivity (Wildman–Crippen MR) is 126 cm³/mol. The molecule has 0 aliphatic carbocycles. The Balaban J connectivity index is 1.69. The second-order valence-corrected chi connectivity index (χ2v) is 8.50. The Bertz CT molecular complexity index is 1400. The summed E-state index contributed by atoms with van der Waals surface area (Å²) in [6.07, 6.45) is 0.556. The summed E-state index contributed by atoms with van der Waals surface area (Å²) in [6.45, 7) is 2.05. The highest BCUT2D eigenvalue weighted by Gasteiger charge is 2.59. The van der Waals surface area contributed by atoms with Crippen LogP contribution in [-0.2, 0) is 21.5 Å². The summed E-state index contributed by atoms with van der Waals surface area (Å²) >= 11 is 0. The minimum Gasteiger partial charge on any atom is -0.497 e. The molecule has 1 atom stereocenters. The number of aromatic amines is 1. The molecule has 0 bridgehead atoms. The van der Waals surface area contributed by atoms with Gasteiger partial charge in [0.25, 0.3) is 5.91 Å². The molecule has 2 aliphatic heterocycles. The molecule has 10 nitrogen and oxygen atoms in total. The molecule has 0 spiro atoms. The maximum atomic E-state index is 14.0. The number of carbonyl (C=O) groups excluding carboxylic acids is 3. The SMILES string of the molecule is COC(=O)c1cc(OC)c(OC)cc1N1C(=O)N2CCc3c([nH]c4ccc(OC)cc34)[C@]2(C)C1=O. The lowest BCUT2D eigenvalue weighted by Crippen LogP contribution is -2.49. The minimum absolute atomic E-state index is 0.0110. The Hall–Kier alpha value is -4.21. The lowest BCUT2D eigenvalue weighted by atomic mass is 9.87. The fourth-order valence-electron chi connectivity index (χ4n) is 5.08. The van der Waals surface area contributed by atoms with E-state index in [1.807, 2.05) is 18.2 Å². The monoisotopic (exact) mass is 479 g/mol. The summed E-state index contributed by atoms with van der Waals surface area (Å²) in [7, 11) is 5.69. The number of esters is 1. The molecule has 1 saturated heterocycles. The molecule has 182 valence electrons. The largest absolute Gasteiger partial charge is 0.497 e. The van der Waals surface area contributed by atoms with Crippen LogP contribution in [0.5, 0.6) is 17.2 Å². The Morgan fingerprint density at radius 1 is 1.00 bits per heavy atom. The molecule has 1 fully saturated rings. The Labute approximate surface area is 201 Å². The number of anilines is 1. The molecule has 3 heterocycles. The molecule has 1 aromatic heterocycles. The number of ether oxygens (including phenoxy) is 4. The highest BCUT2D eigenvalue weighted by Crippen LogP contribution is 2.47. The maximum Gasteiger partial charge on any atom is 0.340 e. The number of carbonyl (C=O) groups is 3. The number of benzene rings is 2. The first-order chi connectivity index (χ1) is 16.8. The van der Waals surface area contributed by atoms with Gasteiger partial charge in [0.05, 0.1) is 45.4 Å². The number of rotatable bonds is 5. The van der Waals surface area contributed by atoms with Gasteiger partial charge >= 0.3 is 12.0 Å². The van der Waals surface area contributed by atoms with E-state index in [1.54, 1.807) is 14.0 Å². The van der Waals surface area contributed by atoms with Crippen LogP contribution >= 0.6 is 0 Å². The molecule has 0 unspecified atom stereocenters. The molecule has 2 aromatic carbocycles. The summed E-state index contributed by atoms with van der Waals surface area (Å²) < 4.78 is 21.0. The maximum absolute atomic E-state index is 14.0. The van der Waals surface area contributed by atoms with Crippen molar-refractivity contribution in [3.8, 4) is 17.2 Å². The molecule has 2 aliphatic rings. The van der Waals surface area contributed by atoms with Crippen molar-refractivity contribution in [2.45, 2.75) is 18.9 Å². The van der Waals surface area contributed by atoms with Crippen LogP contribution in [0.4, 0.5) is 10.5 Å². The number of H-pyrrole nitrogens is 1. The Morgan fingerprint density at radius 2 is 1.71 bits per heavy atom. The first-order valence-corrected chi connectivity index (χ1v) is 11.0. The number of urea groups is 1. The zero-order valence-electron chi connectivity index (χ0n) is 20.1. The van der Waals surface area contributed by atoms with Crippen LogP contribution in [0.1, 0.15) is 28.5 Å². The summed E-state index contributed by atoms with van der Waals surface area (Å²) in [5.41, 5.74) is 1.24. The van der Waals surface area contributed by atoms with Crippen molar-refractivity contribution in [2.24, 2.45) is 0 Å². The summed E-state index contributed by atoms with van der Waals surface area (Å²) in [6, 6.07) is 7.97. The van der Waals surface area contributed by atoms with E-state index in [2.05, 4.69) is 4.98 Å². The van der Waals surface area contributed by atoms with E-state index in [0.29, 0.717) is 24.4 Å². The quantitative estimate of drug-likeness (QED) is 0.442. The third-order valence-corrected chi connectivity index (χ3v) is 6.92. The molecule has 5 rings (SSSR count). The molecule has 10 heteroatoms. The van der Waals surface area contributed by atoms with Gasteiger partial charge in [-0.25, -0.2) is 14.5 Å². The molecular formula is C25H25N3O7. The fraction of sp³-hybridized carbons (Fsp3) is 0.320. The first kappa shape index (κ1) is 22.6. The van der Waals surface area contributed by atoms with Crippen molar-refractivity contribution in [3.63, 3.8) is 0 Å². The van der Waals surface area contributed by atoms with E-state index in [4.69, 9.17) is 18.9 Å². The standard InChI is InChI=1S/C25H25N3O7/c1-25-21-14(15-10-13(32-2)6-7-17(15)26-21)8-9-27(25)24(31)28(23(25)30)18-12-20(34-4)19(33-3)11-16(18)22(29)35-5/h6-7,10-12,26H,8-9H2,1-5H3/t25-/m1/s1. The van der Waals surface area contributed by atoms with E-state index < -0.39 is 23.4 Å². The molecule has 0 saturated carbocycles. The van der Waals surface area contributed by atoms with Gasteiger partial charge in [-0.2, -0.15) is 0 Å². The van der Waals surface area contributed by atoms with Gasteiger partial charge < -0.3 is 28.8 Å². The van der Waals surface area contributed by atoms with Crippen LogP contribution < -0.4 is 19.1 Å². The number of imide groups is 1. The van der Waals surface area contributed by atoms with Gasteiger partial charge in [0.1, 0.15) is 5.75 Å². The van der Waals surface area contributed by atoms with E-state index in [1.165, 1.54) is 38.4 Å². The summed E-state index contributed by atoms with van der Waals surface area (Å²) in [5.74, 6) is 0.0420. The van der Waals surface area contributed by atoms with Crippen molar-refractivity contribution in [2.75, 3.05) is 39.9 Å². The van der Waals surface area contributed by atoms with Crippen LogP contribution in [-0.4, -0.2) is 62.8 Å². The number of hydrogen-bond donors (Lipinski definition) is 1. The highest BCUT2D eigenvalue weighted by molar-refractivity contribution is 6.25. The van der Waals surface area contributed by atoms with Gasteiger partial charge in [0.15, 0.2) is 17.0 Å². The molecule has 0 radical (unpaired) electrons.